The lowest BCUT2D eigenvalue weighted by molar-refractivity contribution is -0.188. The number of ether oxygens (including phenoxy) is 2. The van der Waals surface area contributed by atoms with E-state index < -0.39 is 0 Å². The van der Waals surface area contributed by atoms with Crippen LogP contribution >= 0.6 is 0 Å². The minimum absolute atomic E-state index is 0.0531. The molecule has 0 radical (unpaired) electrons. The van der Waals surface area contributed by atoms with E-state index in [4.69, 9.17) is 9.47 Å². The van der Waals surface area contributed by atoms with Crippen molar-refractivity contribution in [1.29, 1.82) is 0 Å². The van der Waals surface area contributed by atoms with Crippen molar-refractivity contribution in [1.82, 2.24) is 0 Å². The molecule has 1 saturated heterocycles. The van der Waals surface area contributed by atoms with Crippen molar-refractivity contribution in [3.05, 3.63) is 12.2 Å². The van der Waals surface area contributed by atoms with Crippen LogP contribution in [0.4, 0.5) is 0 Å². The van der Waals surface area contributed by atoms with Crippen LogP contribution in [-0.2, 0) is 9.47 Å². The van der Waals surface area contributed by atoms with Crippen molar-refractivity contribution in [2.24, 2.45) is 0 Å². The third-order valence-electron chi connectivity index (χ3n) is 4.90. The van der Waals surface area contributed by atoms with Gasteiger partial charge in [-0.25, -0.2) is 0 Å². The van der Waals surface area contributed by atoms with Crippen LogP contribution in [0.25, 0.3) is 0 Å². The number of hydrogen-bond acceptors (Lipinski definition) is 2. The van der Waals surface area contributed by atoms with Crippen LogP contribution in [0.5, 0.6) is 0 Å². The van der Waals surface area contributed by atoms with Crippen LogP contribution in [0.1, 0.15) is 110 Å². The van der Waals surface area contributed by atoms with Gasteiger partial charge in [-0.15, -0.1) is 0 Å². The van der Waals surface area contributed by atoms with E-state index in [0.29, 0.717) is 6.10 Å². The van der Waals surface area contributed by atoms with Gasteiger partial charge in [0, 0.05) is 6.61 Å². The van der Waals surface area contributed by atoms with E-state index in [2.05, 4.69) is 26.0 Å². The van der Waals surface area contributed by atoms with E-state index in [1.54, 1.807) is 0 Å². The van der Waals surface area contributed by atoms with Gasteiger partial charge < -0.3 is 9.47 Å². The summed E-state index contributed by atoms with van der Waals surface area (Å²) in [5, 5.41) is 0. The molecule has 0 spiro atoms. The molecule has 0 saturated carbocycles. The topological polar surface area (TPSA) is 18.5 Å². The smallest absolute Gasteiger partial charge is 0.157 e. The maximum atomic E-state index is 6.26. The Labute approximate surface area is 151 Å². The molecule has 0 amide bonds. The highest BCUT2D eigenvalue weighted by molar-refractivity contribution is 4.85. The van der Waals surface area contributed by atoms with E-state index in [1.165, 1.54) is 83.5 Å². The van der Waals surface area contributed by atoms with E-state index in [-0.39, 0.29) is 6.29 Å². The summed E-state index contributed by atoms with van der Waals surface area (Å²) < 4.78 is 12.0. The number of unbranched alkanes of at least 4 members (excludes halogenated alkanes) is 8. The molecule has 0 N–H and O–H groups in total. The molecule has 2 nitrogen and oxygen atoms in total. The van der Waals surface area contributed by atoms with Crippen molar-refractivity contribution >= 4 is 0 Å². The Balaban J connectivity index is 2.20. The molecule has 1 heterocycles. The Morgan fingerprint density at radius 1 is 0.917 bits per heavy atom. The van der Waals surface area contributed by atoms with Gasteiger partial charge in [0.05, 0.1) is 6.10 Å². The zero-order valence-electron chi connectivity index (χ0n) is 16.4. The van der Waals surface area contributed by atoms with Gasteiger partial charge in [-0.2, -0.15) is 0 Å². The van der Waals surface area contributed by atoms with Crippen LogP contribution < -0.4 is 0 Å². The standard InChI is InChI=1S/C22H42O2/c1-3-5-7-9-10-11-12-14-18-21(17-13-8-6-4-2)24-22-19-15-16-20-23-22/h12,14,21-22H,3-11,13,15-20H2,1-2H3/b14-12-/t21-,22?/m1/s1. The zero-order chi connectivity index (χ0) is 17.3. The summed E-state index contributed by atoms with van der Waals surface area (Å²) in [5.74, 6) is 0. The molecule has 1 aliphatic rings. The van der Waals surface area contributed by atoms with Crippen LogP contribution in [0.15, 0.2) is 12.2 Å². The Hall–Kier alpha value is -0.340. The highest BCUT2D eigenvalue weighted by Gasteiger charge is 2.18. The Kier molecular flexibility index (Phi) is 14.6. The van der Waals surface area contributed by atoms with Gasteiger partial charge in [-0.3, -0.25) is 0 Å². The minimum Gasteiger partial charge on any atom is -0.353 e. The maximum Gasteiger partial charge on any atom is 0.157 e. The Bertz CT molecular complexity index is 282. The lowest BCUT2D eigenvalue weighted by Crippen LogP contribution is -2.27. The van der Waals surface area contributed by atoms with Crippen molar-refractivity contribution in [2.45, 2.75) is 123 Å². The van der Waals surface area contributed by atoms with Gasteiger partial charge in [-0.1, -0.05) is 77.4 Å². The number of rotatable bonds is 15. The Morgan fingerprint density at radius 3 is 2.38 bits per heavy atom. The van der Waals surface area contributed by atoms with E-state index in [9.17, 15) is 0 Å². The molecule has 0 aromatic carbocycles. The van der Waals surface area contributed by atoms with E-state index >= 15 is 0 Å². The molecule has 2 atom stereocenters. The van der Waals surface area contributed by atoms with Crippen molar-refractivity contribution in [3.8, 4) is 0 Å². The summed E-state index contributed by atoms with van der Waals surface area (Å²) >= 11 is 0. The first kappa shape index (κ1) is 21.7. The second-order valence-corrected chi connectivity index (χ2v) is 7.31. The van der Waals surface area contributed by atoms with Crippen LogP contribution in [0, 0.1) is 0 Å². The molecule has 2 heteroatoms. The monoisotopic (exact) mass is 338 g/mol. The van der Waals surface area contributed by atoms with Crippen molar-refractivity contribution in [3.63, 3.8) is 0 Å². The molecule has 24 heavy (non-hydrogen) atoms. The van der Waals surface area contributed by atoms with Crippen LogP contribution in [-0.4, -0.2) is 19.0 Å². The van der Waals surface area contributed by atoms with Gasteiger partial charge in [0.1, 0.15) is 0 Å². The van der Waals surface area contributed by atoms with E-state index in [0.717, 1.165) is 19.4 Å². The number of allylic oxidation sites excluding steroid dienone is 1. The highest BCUT2D eigenvalue weighted by Crippen LogP contribution is 2.20. The largest absolute Gasteiger partial charge is 0.353 e. The molecule has 0 bridgehead atoms. The van der Waals surface area contributed by atoms with Crippen molar-refractivity contribution in [2.75, 3.05) is 6.61 Å². The summed E-state index contributed by atoms with van der Waals surface area (Å²) in [6.07, 6.45) is 24.2. The summed E-state index contributed by atoms with van der Waals surface area (Å²) in [4.78, 5) is 0. The zero-order valence-corrected chi connectivity index (χ0v) is 16.4. The molecular formula is C22H42O2. The maximum absolute atomic E-state index is 6.26. The molecular weight excluding hydrogens is 296 g/mol. The first-order chi connectivity index (χ1) is 11.9. The van der Waals surface area contributed by atoms with Crippen LogP contribution in [0.2, 0.25) is 0 Å². The summed E-state index contributed by atoms with van der Waals surface area (Å²) in [6.45, 7) is 5.42. The van der Waals surface area contributed by atoms with Crippen LogP contribution in [0.3, 0.4) is 0 Å². The quantitative estimate of drug-likeness (QED) is 0.233. The van der Waals surface area contributed by atoms with Gasteiger partial charge in [0.15, 0.2) is 6.29 Å². The fraction of sp³-hybridized carbons (Fsp3) is 0.909. The molecule has 1 rings (SSSR count). The van der Waals surface area contributed by atoms with Gasteiger partial charge in [0.2, 0.25) is 0 Å². The summed E-state index contributed by atoms with van der Waals surface area (Å²) in [7, 11) is 0. The first-order valence-electron chi connectivity index (χ1n) is 10.8. The van der Waals surface area contributed by atoms with Gasteiger partial charge in [-0.05, 0) is 44.9 Å². The molecule has 142 valence electrons. The second-order valence-electron chi connectivity index (χ2n) is 7.31. The lowest BCUT2D eigenvalue weighted by atomic mass is 10.1. The minimum atomic E-state index is 0.0531. The highest BCUT2D eigenvalue weighted by atomic mass is 16.7. The van der Waals surface area contributed by atoms with Gasteiger partial charge >= 0.3 is 0 Å². The van der Waals surface area contributed by atoms with Crippen molar-refractivity contribution < 1.29 is 9.47 Å². The number of hydrogen-bond donors (Lipinski definition) is 0. The predicted molar refractivity (Wildman–Crippen MR) is 104 cm³/mol. The molecule has 1 unspecified atom stereocenters. The molecule has 1 fully saturated rings. The fourth-order valence-corrected chi connectivity index (χ4v) is 3.30. The lowest BCUT2D eigenvalue weighted by Gasteiger charge is -2.27. The second kappa shape index (κ2) is 16.1. The van der Waals surface area contributed by atoms with Gasteiger partial charge in [0.25, 0.3) is 0 Å². The fourth-order valence-electron chi connectivity index (χ4n) is 3.30. The third kappa shape index (κ3) is 12.1. The SMILES string of the molecule is CCCCCCC/C=C\C[C@@H](CCCCCC)OC1CCCCO1. The average Bonchev–Trinajstić information content (AvgIpc) is 2.61. The molecule has 1 aliphatic heterocycles. The summed E-state index contributed by atoms with van der Waals surface area (Å²) in [6, 6.07) is 0. The third-order valence-corrected chi connectivity index (χ3v) is 4.90. The normalized spacial score (nSPS) is 19.8. The average molecular weight is 339 g/mol. The first-order valence-corrected chi connectivity index (χ1v) is 10.8. The molecule has 0 aromatic heterocycles. The molecule has 0 aliphatic carbocycles. The van der Waals surface area contributed by atoms with E-state index in [1.807, 2.05) is 0 Å². The summed E-state index contributed by atoms with van der Waals surface area (Å²) in [5.41, 5.74) is 0. The predicted octanol–water partition coefficient (Wildman–Crippen LogP) is 7.18. The Morgan fingerprint density at radius 2 is 1.67 bits per heavy atom. The molecule has 0 aromatic rings.